The number of benzene rings is 5. The summed E-state index contributed by atoms with van der Waals surface area (Å²) >= 11 is 0. The molecule has 0 saturated heterocycles. The molecule has 58 heavy (non-hydrogen) atoms. The van der Waals surface area contributed by atoms with Gasteiger partial charge in [0.05, 0.1) is 56.8 Å². The van der Waals surface area contributed by atoms with Crippen molar-refractivity contribution in [2.24, 2.45) is 0 Å². The number of aromatic amines is 2. The number of H-pyrrole nitrogens is 2. The minimum absolute atomic E-state index is 0.0875. The van der Waals surface area contributed by atoms with Crippen LogP contribution in [0.25, 0.3) is 111 Å². The Morgan fingerprint density at radius 1 is 0.431 bits per heavy atom. The number of hydrogen-bond acceptors (Lipinski definition) is 7. The number of ether oxygens (including phenoxy) is 4. The van der Waals surface area contributed by atoms with E-state index in [9.17, 15) is 4.79 Å². The summed E-state index contributed by atoms with van der Waals surface area (Å²) in [5.41, 5.74) is 11.2. The fourth-order valence-corrected chi connectivity index (χ4v) is 8.82. The first-order valence-electron chi connectivity index (χ1n) is 18.9. The summed E-state index contributed by atoms with van der Waals surface area (Å²) in [5, 5.41) is 4.87. The molecular formula is C49H34N4O5. The molecule has 0 unspecified atom stereocenters. The highest BCUT2D eigenvalue weighted by Gasteiger charge is 2.31. The van der Waals surface area contributed by atoms with Crippen LogP contribution in [-0.2, 0) is 0 Å². The second-order valence-corrected chi connectivity index (χ2v) is 14.5. The molecule has 4 aliphatic rings. The second-order valence-electron chi connectivity index (χ2n) is 14.5. The van der Waals surface area contributed by atoms with E-state index in [0.717, 1.165) is 105 Å². The molecule has 2 aliphatic carbocycles. The highest BCUT2D eigenvalue weighted by molar-refractivity contribution is 6.28. The number of aromatic nitrogens is 4. The van der Waals surface area contributed by atoms with Gasteiger partial charge < -0.3 is 28.9 Å². The monoisotopic (exact) mass is 758 g/mol. The molecule has 2 N–H and O–H groups in total. The molecule has 0 fully saturated rings. The minimum Gasteiger partial charge on any atom is -0.497 e. The Kier molecular flexibility index (Phi) is 7.37. The lowest BCUT2D eigenvalue weighted by molar-refractivity contribution is 0.415. The SMILES string of the molecule is COc1cccc(-c2c3nc(c(-c4cccc(OC)c4)c4ccc([nH]4)c4c5nc6c(c7ccc2[nH]7)c2cc(OC)ccc2c-6c-5c(=O)c2ccc(OC)cc24)C=C3)c1. The average molecular weight is 759 g/mol. The summed E-state index contributed by atoms with van der Waals surface area (Å²) in [4.78, 5) is 33.3. The normalized spacial score (nSPS) is 12.1. The number of methoxy groups -OCH3 is 4. The molecule has 0 spiro atoms. The molecule has 9 nitrogen and oxygen atoms in total. The molecule has 0 saturated carbocycles. The Hall–Kier alpha value is -7.65. The second kappa shape index (κ2) is 12.7. The van der Waals surface area contributed by atoms with Crippen molar-refractivity contribution >= 4 is 66.5 Å². The summed E-state index contributed by atoms with van der Waals surface area (Å²) in [5.74, 6) is 2.81. The van der Waals surface area contributed by atoms with Gasteiger partial charge in [-0.05, 0) is 119 Å². The number of nitrogens with one attached hydrogen (secondary N) is 2. The number of hydrogen-bond donors (Lipinski definition) is 2. The van der Waals surface area contributed by atoms with E-state index in [1.807, 2.05) is 72.8 Å². The van der Waals surface area contributed by atoms with Crippen molar-refractivity contribution in [1.29, 1.82) is 0 Å². The standard InChI is InChI=1S/C49H34N4O5/c1-55-27-9-5-7-25(21-27)41-35-15-16-36(50-35)42(26-8-6-10-28(22-26)56-2)38-18-20-40(52-38)44-34-24-30(58-4)12-14-32(34)49(54)46-45-31-13-11-29(57-3)23-33(31)43(47(45)53-48(44)46)39-19-17-37(41)51-39/h5-24,51-52H,1-4H3. The maximum atomic E-state index is 14.9. The lowest BCUT2D eigenvalue weighted by atomic mass is 9.95. The molecule has 7 aromatic rings. The van der Waals surface area contributed by atoms with E-state index in [4.69, 9.17) is 28.9 Å². The van der Waals surface area contributed by atoms with Crippen LogP contribution in [-0.4, -0.2) is 48.4 Å². The largest absolute Gasteiger partial charge is 0.497 e. The predicted octanol–water partition coefficient (Wildman–Crippen LogP) is 10.9. The van der Waals surface area contributed by atoms with Crippen LogP contribution in [0.15, 0.2) is 114 Å². The zero-order chi connectivity index (χ0) is 39.2. The van der Waals surface area contributed by atoms with Crippen LogP contribution in [0.3, 0.4) is 0 Å². The van der Waals surface area contributed by atoms with Gasteiger partial charge in [0, 0.05) is 60.3 Å². The van der Waals surface area contributed by atoms with Crippen molar-refractivity contribution in [3.8, 4) is 67.8 Å². The van der Waals surface area contributed by atoms with E-state index in [0.29, 0.717) is 28.1 Å². The van der Waals surface area contributed by atoms with Gasteiger partial charge in [-0.2, -0.15) is 0 Å². The molecule has 280 valence electrons. The van der Waals surface area contributed by atoms with Gasteiger partial charge in [0.2, 0.25) is 0 Å². The minimum atomic E-state index is -0.0875. The van der Waals surface area contributed by atoms with Gasteiger partial charge >= 0.3 is 0 Å². The smallest absolute Gasteiger partial charge is 0.196 e. The molecule has 3 aromatic heterocycles. The molecule has 0 radical (unpaired) electrons. The maximum absolute atomic E-state index is 14.9. The Bertz CT molecular complexity index is 3430. The molecule has 2 aliphatic heterocycles. The Morgan fingerprint density at radius 2 is 0.897 bits per heavy atom. The maximum Gasteiger partial charge on any atom is 0.196 e. The first kappa shape index (κ1) is 33.7. The van der Waals surface area contributed by atoms with Gasteiger partial charge in [-0.25, -0.2) is 9.97 Å². The fraction of sp³-hybridized carbons (Fsp3) is 0.0816. The van der Waals surface area contributed by atoms with Gasteiger partial charge in [-0.1, -0.05) is 24.3 Å². The van der Waals surface area contributed by atoms with E-state index in [-0.39, 0.29) is 5.43 Å². The average Bonchev–Trinajstić information content (AvgIpc) is 4.12. The van der Waals surface area contributed by atoms with Gasteiger partial charge in [-0.3, -0.25) is 4.79 Å². The summed E-state index contributed by atoms with van der Waals surface area (Å²) < 4.78 is 22.9. The number of fused-ring (bicyclic) bond motifs is 14. The zero-order valence-electron chi connectivity index (χ0n) is 32.0. The zero-order valence-corrected chi connectivity index (χ0v) is 32.0. The summed E-state index contributed by atoms with van der Waals surface area (Å²) in [7, 11) is 6.63. The van der Waals surface area contributed by atoms with Crippen LogP contribution in [0.5, 0.6) is 23.0 Å². The third-order valence-corrected chi connectivity index (χ3v) is 11.5. The van der Waals surface area contributed by atoms with Gasteiger partial charge in [0.1, 0.15) is 23.0 Å². The third kappa shape index (κ3) is 4.86. The topological polar surface area (TPSA) is 111 Å². The third-order valence-electron chi connectivity index (χ3n) is 11.5. The predicted molar refractivity (Wildman–Crippen MR) is 233 cm³/mol. The van der Waals surface area contributed by atoms with E-state index < -0.39 is 0 Å². The molecule has 11 rings (SSSR count). The van der Waals surface area contributed by atoms with Crippen LogP contribution in [0.4, 0.5) is 0 Å². The highest BCUT2D eigenvalue weighted by Crippen LogP contribution is 2.50. The van der Waals surface area contributed by atoms with Crippen LogP contribution in [0.2, 0.25) is 0 Å². The highest BCUT2D eigenvalue weighted by atomic mass is 16.5. The fourth-order valence-electron chi connectivity index (χ4n) is 8.82. The lowest BCUT2D eigenvalue weighted by Gasteiger charge is -2.09. The van der Waals surface area contributed by atoms with Crippen LogP contribution in [0, 0.1) is 0 Å². The quantitative estimate of drug-likeness (QED) is 0.174. The van der Waals surface area contributed by atoms with Crippen LogP contribution < -0.4 is 24.4 Å². The Labute approximate surface area is 331 Å². The van der Waals surface area contributed by atoms with E-state index in [1.54, 1.807) is 28.4 Å². The molecule has 9 heteroatoms. The first-order chi connectivity index (χ1) is 28.5. The van der Waals surface area contributed by atoms with Crippen LogP contribution in [0.1, 0.15) is 11.4 Å². The lowest BCUT2D eigenvalue weighted by Crippen LogP contribution is -2.06. The number of nitrogens with zero attached hydrogens (tertiary/aromatic N) is 2. The van der Waals surface area contributed by atoms with Crippen LogP contribution >= 0.6 is 0 Å². The molecule has 5 heterocycles. The van der Waals surface area contributed by atoms with Gasteiger partial charge in [-0.15, -0.1) is 0 Å². The van der Waals surface area contributed by atoms with Crippen molar-refractivity contribution in [2.75, 3.05) is 28.4 Å². The first-order valence-corrected chi connectivity index (χ1v) is 18.9. The van der Waals surface area contributed by atoms with Crippen molar-refractivity contribution < 1.29 is 18.9 Å². The summed E-state index contributed by atoms with van der Waals surface area (Å²) in [6.45, 7) is 0. The molecular weight excluding hydrogens is 725 g/mol. The number of rotatable bonds is 6. The molecule has 0 atom stereocenters. The van der Waals surface area contributed by atoms with Gasteiger partial charge in [0.15, 0.2) is 5.43 Å². The Balaban J connectivity index is 1.41. The molecule has 0 amide bonds. The van der Waals surface area contributed by atoms with E-state index in [1.165, 1.54) is 0 Å². The van der Waals surface area contributed by atoms with Gasteiger partial charge in [0.25, 0.3) is 0 Å². The van der Waals surface area contributed by atoms with Crippen molar-refractivity contribution in [2.45, 2.75) is 0 Å². The molecule has 4 aromatic carbocycles. The van der Waals surface area contributed by atoms with Crippen molar-refractivity contribution in [3.63, 3.8) is 0 Å². The van der Waals surface area contributed by atoms with Crippen molar-refractivity contribution in [3.05, 3.63) is 131 Å². The summed E-state index contributed by atoms with van der Waals surface area (Å²) in [6.07, 6.45) is 4.12. The Morgan fingerprint density at radius 3 is 1.43 bits per heavy atom. The van der Waals surface area contributed by atoms with E-state index >= 15 is 0 Å². The van der Waals surface area contributed by atoms with Crippen molar-refractivity contribution in [1.82, 2.24) is 19.9 Å². The van der Waals surface area contributed by atoms with E-state index in [2.05, 4.69) is 58.5 Å². The summed E-state index contributed by atoms with van der Waals surface area (Å²) in [6, 6.07) is 35.9. The molecule has 8 bridgehead atoms.